The van der Waals surface area contributed by atoms with E-state index in [1.54, 1.807) is 6.92 Å². The zero-order chi connectivity index (χ0) is 14.8. The van der Waals surface area contributed by atoms with Crippen molar-refractivity contribution in [2.45, 2.75) is 62.0 Å². The van der Waals surface area contributed by atoms with Crippen molar-refractivity contribution in [1.82, 2.24) is 25.5 Å². The monoisotopic (exact) mass is 299 g/mol. The van der Waals surface area contributed by atoms with Gasteiger partial charge in [0.05, 0.1) is 6.04 Å². The lowest BCUT2D eigenvalue weighted by molar-refractivity contribution is -0.144. The summed E-state index contributed by atoms with van der Waals surface area (Å²) in [6, 6.07) is 0.430. The van der Waals surface area contributed by atoms with Crippen molar-refractivity contribution in [3.05, 3.63) is 0 Å². The zero-order valence-electron chi connectivity index (χ0n) is 12.0. The molecule has 0 aromatic carbocycles. The number of nitrogens with one attached hydrogen (secondary N) is 1. The summed E-state index contributed by atoms with van der Waals surface area (Å²) in [5, 5.41) is 25.1. The van der Waals surface area contributed by atoms with Gasteiger partial charge < -0.3 is 10.4 Å². The molecule has 0 bridgehead atoms. The van der Waals surface area contributed by atoms with Gasteiger partial charge in [-0.3, -0.25) is 4.79 Å². The maximum Gasteiger partial charge on any atom is 0.323 e. The molecule has 1 saturated carbocycles. The molecule has 1 aromatic rings. The molecular weight excluding hydrogens is 278 g/mol. The molecule has 0 amide bonds. The fraction of sp³-hybridized carbons (Fsp3) is 0.833. The molecule has 7 nitrogen and oxygen atoms in total. The normalized spacial score (nSPS) is 19.6. The lowest BCUT2D eigenvalue weighted by Crippen LogP contribution is -2.50. The Kier molecular flexibility index (Phi) is 4.64. The third kappa shape index (κ3) is 3.49. The Hall–Kier alpha value is -1.15. The van der Waals surface area contributed by atoms with Crippen LogP contribution in [0.4, 0.5) is 0 Å². The number of nitrogens with zero attached hydrogens (tertiary/aromatic N) is 4. The van der Waals surface area contributed by atoms with E-state index in [9.17, 15) is 9.90 Å². The molecule has 2 atom stereocenters. The minimum absolute atomic E-state index is 0.110. The number of likely N-dealkylation sites (N-methyl/N-ethyl adjacent to an activating group) is 1. The summed E-state index contributed by atoms with van der Waals surface area (Å²) in [7, 11) is 0. The number of tetrazole rings is 1. The van der Waals surface area contributed by atoms with E-state index in [0.29, 0.717) is 19.0 Å². The van der Waals surface area contributed by atoms with Crippen LogP contribution in [0.15, 0.2) is 5.16 Å². The zero-order valence-corrected chi connectivity index (χ0v) is 12.9. The van der Waals surface area contributed by atoms with Gasteiger partial charge in [0.1, 0.15) is 5.54 Å². The molecule has 0 radical (unpaired) electrons. The van der Waals surface area contributed by atoms with Gasteiger partial charge in [0.2, 0.25) is 5.16 Å². The van der Waals surface area contributed by atoms with Crippen LogP contribution in [-0.4, -0.2) is 48.6 Å². The molecule has 112 valence electrons. The maximum absolute atomic E-state index is 11.4. The standard InChI is InChI=1S/C12H21N5O2S/c1-4-13-12(3,10(18)19)7-8(2)20-11-14-15-16-17(11)9-5-6-9/h8-9,13H,4-7H2,1-3H3,(H,18,19). The minimum atomic E-state index is -0.918. The second-order valence-corrected chi connectivity index (χ2v) is 6.84. The van der Waals surface area contributed by atoms with E-state index in [4.69, 9.17) is 0 Å². The molecular formula is C12H21N5O2S. The SMILES string of the molecule is CCNC(C)(CC(C)Sc1nnnn1C1CC1)C(=O)O. The van der Waals surface area contributed by atoms with Gasteiger partial charge in [0, 0.05) is 5.25 Å². The van der Waals surface area contributed by atoms with Gasteiger partial charge in [0.15, 0.2) is 0 Å². The molecule has 2 rings (SSSR count). The first-order valence-corrected chi connectivity index (χ1v) is 7.77. The third-order valence-electron chi connectivity index (χ3n) is 3.40. The summed E-state index contributed by atoms with van der Waals surface area (Å²) in [4.78, 5) is 11.4. The minimum Gasteiger partial charge on any atom is -0.480 e. The predicted molar refractivity (Wildman–Crippen MR) is 75.7 cm³/mol. The van der Waals surface area contributed by atoms with Crippen LogP contribution in [0.2, 0.25) is 0 Å². The van der Waals surface area contributed by atoms with Gasteiger partial charge >= 0.3 is 5.97 Å². The number of aromatic nitrogens is 4. The largest absolute Gasteiger partial charge is 0.480 e. The smallest absolute Gasteiger partial charge is 0.323 e. The number of hydrogen-bond acceptors (Lipinski definition) is 6. The summed E-state index contributed by atoms with van der Waals surface area (Å²) >= 11 is 1.54. The Labute approximate surface area is 122 Å². The molecule has 0 saturated heterocycles. The van der Waals surface area contributed by atoms with E-state index in [1.165, 1.54) is 11.8 Å². The summed E-state index contributed by atoms with van der Waals surface area (Å²) in [6.45, 7) is 6.27. The van der Waals surface area contributed by atoms with Crippen LogP contribution in [0, 0.1) is 0 Å². The van der Waals surface area contributed by atoms with Crippen LogP contribution >= 0.6 is 11.8 Å². The van der Waals surface area contributed by atoms with E-state index in [-0.39, 0.29) is 5.25 Å². The molecule has 1 aromatic heterocycles. The molecule has 2 unspecified atom stereocenters. The van der Waals surface area contributed by atoms with E-state index in [0.717, 1.165) is 18.0 Å². The highest BCUT2D eigenvalue weighted by Crippen LogP contribution is 2.37. The molecule has 1 fully saturated rings. The Balaban J connectivity index is 1.98. The van der Waals surface area contributed by atoms with Crippen molar-refractivity contribution in [2.75, 3.05) is 6.54 Å². The maximum atomic E-state index is 11.4. The number of carboxylic acids is 1. The van der Waals surface area contributed by atoms with Crippen molar-refractivity contribution >= 4 is 17.7 Å². The second kappa shape index (κ2) is 6.09. The Morgan fingerprint density at radius 3 is 2.90 bits per heavy atom. The molecule has 1 aliphatic carbocycles. The van der Waals surface area contributed by atoms with Gasteiger partial charge in [-0.1, -0.05) is 25.6 Å². The van der Waals surface area contributed by atoms with Gasteiger partial charge in [-0.05, 0) is 43.2 Å². The number of carbonyl (C=O) groups is 1. The number of carboxylic acid groups (broad SMARTS) is 1. The molecule has 0 spiro atoms. The first-order valence-electron chi connectivity index (χ1n) is 6.89. The fourth-order valence-corrected chi connectivity index (χ4v) is 3.39. The van der Waals surface area contributed by atoms with E-state index >= 15 is 0 Å². The Morgan fingerprint density at radius 2 is 2.35 bits per heavy atom. The molecule has 1 heterocycles. The van der Waals surface area contributed by atoms with Crippen LogP contribution in [-0.2, 0) is 4.79 Å². The van der Waals surface area contributed by atoms with Crippen LogP contribution in [0.1, 0.15) is 46.1 Å². The Bertz CT molecular complexity index is 476. The highest BCUT2D eigenvalue weighted by Gasteiger charge is 2.35. The highest BCUT2D eigenvalue weighted by atomic mass is 32.2. The van der Waals surface area contributed by atoms with E-state index < -0.39 is 11.5 Å². The van der Waals surface area contributed by atoms with Crippen molar-refractivity contribution in [3.63, 3.8) is 0 Å². The molecule has 8 heteroatoms. The van der Waals surface area contributed by atoms with Gasteiger partial charge in [-0.25, -0.2) is 4.68 Å². The number of aliphatic carboxylic acids is 1. The van der Waals surface area contributed by atoms with Crippen LogP contribution in [0.25, 0.3) is 0 Å². The number of rotatable bonds is 8. The van der Waals surface area contributed by atoms with Gasteiger partial charge in [-0.15, -0.1) is 5.10 Å². The van der Waals surface area contributed by atoms with Crippen LogP contribution in [0.5, 0.6) is 0 Å². The summed E-state index contributed by atoms with van der Waals surface area (Å²) in [5.74, 6) is -0.825. The van der Waals surface area contributed by atoms with Crippen molar-refractivity contribution < 1.29 is 9.90 Å². The summed E-state index contributed by atoms with van der Waals surface area (Å²) < 4.78 is 1.85. The van der Waals surface area contributed by atoms with Crippen molar-refractivity contribution in [2.24, 2.45) is 0 Å². The van der Waals surface area contributed by atoms with Crippen molar-refractivity contribution in [3.8, 4) is 0 Å². The quantitative estimate of drug-likeness (QED) is 0.699. The molecule has 0 aliphatic heterocycles. The average Bonchev–Trinajstić information content (AvgIpc) is 3.10. The topological polar surface area (TPSA) is 92.9 Å². The van der Waals surface area contributed by atoms with E-state index in [1.807, 2.05) is 18.5 Å². The first kappa shape index (κ1) is 15.2. The van der Waals surface area contributed by atoms with Gasteiger partial charge in [0.25, 0.3) is 0 Å². The fourth-order valence-electron chi connectivity index (χ4n) is 2.23. The predicted octanol–water partition coefficient (Wildman–Crippen LogP) is 1.33. The average molecular weight is 299 g/mol. The lowest BCUT2D eigenvalue weighted by Gasteiger charge is -2.28. The van der Waals surface area contributed by atoms with Crippen LogP contribution in [0.3, 0.4) is 0 Å². The Morgan fingerprint density at radius 1 is 1.65 bits per heavy atom. The third-order valence-corrected chi connectivity index (χ3v) is 4.45. The molecule has 1 aliphatic rings. The first-order chi connectivity index (χ1) is 9.46. The second-order valence-electron chi connectivity index (χ2n) is 5.44. The highest BCUT2D eigenvalue weighted by molar-refractivity contribution is 7.99. The van der Waals surface area contributed by atoms with E-state index in [2.05, 4.69) is 20.8 Å². The molecule has 2 N–H and O–H groups in total. The number of thioether (sulfide) groups is 1. The lowest BCUT2D eigenvalue weighted by atomic mass is 9.96. The summed E-state index contributed by atoms with van der Waals surface area (Å²) in [5.41, 5.74) is -0.918. The molecule has 20 heavy (non-hydrogen) atoms. The number of hydrogen-bond donors (Lipinski definition) is 2. The van der Waals surface area contributed by atoms with Crippen LogP contribution < -0.4 is 5.32 Å². The summed E-state index contributed by atoms with van der Waals surface area (Å²) in [6.07, 6.45) is 2.76. The van der Waals surface area contributed by atoms with Crippen molar-refractivity contribution in [1.29, 1.82) is 0 Å². The van der Waals surface area contributed by atoms with Gasteiger partial charge in [-0.2, -0.15) is 0 Å².